The fourth-order valence-corrected chi connectivity index (χ4v) is 15.2. The van der Waals surface area contributed by atoms with Gasteiger partial charge in [0.1, 0.15) is 11.9 Å². The van der Waals surface area contributed by atoms with Crippen molar-refractivity contribution in [1.82, 2.24) is 9.88 Å². The van der Waals surface area contributed by atoms with E-state index in [1.807, 2.05) is 39.2 Å². The molecule has 0 aromatic carbocycles. The summed E-state index contributed by atoms with van der Waals surface area (Å²) in [6, 6.07) is 6.39. The molecule has 0 radical (unpaired) electrons. The van der Waals surface area contributed by atoms with Crippen molar-refractivity contribution >= 4 is 45.8 Å². The molecule has 0 aliphatic carbocycles. The van der Waals surface area contributed by atoms with Gasteiger partial charge in [0.15, 0.2) is 16.6 Å². The fourth-order valence-electron chi connectivity index (χ4n) is 8.62. The monoisotopic (exact) mass is 764 g/mol. The van der Waals surface area contributed by atoms with Crippen LogP contribution in [0.25, 0.3) is 6.08 Å². The summed E-state index contributed by atoms with van der Waals surface area (Å²) in [5, 5.41) is 13.0. The second kappa shape index (κ2) is 19.4. The second-order valence-electron chi connectivity index (χ2n) is 16.2. The molecule has 51 heavy (non-hydrogen) atoms. The molecule has 8 atom stereocenters. The Morgan fingerprint density at radius 2 is 1.59 bits per heavy atom. The molecule has 0 saturated carbocycles. The van der Waals surface area contributed by atoms with E-state index >= 15 is 0 Å². The van der Waals surface area contributed by atoms with Gasteiger partial charge in [-0.05, 0) is 80.5 Å². The minimum absolute atomic E-state index is 0.0207. The van der Waals surface area contributed by atoms with Crippen molar-refractivity contribution in [3.63, 3.8) is 0 Å². The summed E-state index contributed by atoms with van der Waals surface area (Å²) in [6.45, 7) is 26.4. The maximum Gasteiger partial charge on any atom is 0.309 e. The Labute approximate surface area is 316 Å². The Kier molecular flexibility index (Phi) is 16.8. The summed E-state index contributed by atoms with van der Waals surface area (Å²) in [7, 11) is -4.27. The lowest BCUT2D eigenvalue weighted by Gasteiger charge is -2.44. The number of rotatable bonds is 14. The Morgan fingerprint density at radius 3 is 2.12 bits per heavy atom. The fraction of sp³-hybridized carbons (Fsp3) is 0.825. The van der Waals surface area contributed by atoms with E-state index in [0.29, 0.717) is 19.0 Å². The van der Waals surface area contributed by atoms with Gasteiger partial charge in [0.25, 0.3) is 0 Å². The highest BCUT2D eigenvalue weighted by molar-refractivity contribution is 7.09. The van der Waals surface area contributed by atoms with Gasteiger partial charge >= 0.3 is 5.97 Å². The molecule has 2 saturated heterocycles. The van der Waals surface area contributed by atoms with Crippen LogP contribution < -0.4 is 0 Å². The highest BCUT2D eigenvalue weighted by Gasteiger charge is 2.50. The molecular weight excluding hydrogens is 693 g/mol. The molecule has 2 aliphatic heterocycles. The average Bonchev–Trinajstić information content (AvgIpc) is 3.57. The van der Waals surface area contributed by atoms with E-state index in [-0.39, 0.29) is 48.8 Å². The van der Waals surface area contributed by atoms with Crippen LogP contribution in [0.15, 0.2) is 11.0 Å². The molecule has 0 spiro atoms. The van der Waals surface area contributed by atoms with E-state index in [9.17, 15) is 14.7 Å². The summed E-state index contributed by atoms with van der Waals surface area (Å²) in [4.78, 5) is 36.2. The molecule has 2 fully saturated rings. The molecule has 0 bridgehead atoms. The van der Waals surface area contributed by atoms with Gasteiger partial charge in [0.05, 0.1) is 35.9 Å². The Balaban J connectivity index is 2.11. The maximum absolute atomic E-state index is 15.0. The number of thiazole rings is 1. The molecule has 11 heteroatoms. The molecule has 1 aromatic rings. The molecule has 292 valence electrons. The van der Waals surface area contributed by atoms with Gasteiger partial charge in [-0.25, -0.2) is 4.98 Å². The van der Waals surface area contributed by atoms with Crippen molar-refractivity contribution in [2.24, 2.45) is 17.3 Å². The van der Waals surface area contributed by atoms with Crippen LogP contribution >= 0.6 is 11.3 Å². The van der Waals surface area contributed by atoms with E-state index in [4.69, 9.17) is 13.6 Å². The third-order valence-corrected chi connectivity index (χ3v) is 23.0. The third kappa shape index (κ3) is 10.9. The number of ketones is 1. The van der Waals surface area contributed by atoms with Crippen molar-refractivity contribution in [1.29, 1.82) is 0 Å². The summed E-state index contributed by atoms with van der Waals surface area (Å²) >= 11 is 1.60. The predicted octanol–water partition coefficient (Wildman–Crippen LogP) is 9.42. The number of nitrogens with zero attached hydrogens (tertiary/aromatic N) is 2. The number of hydrogen-bond acceptors (Lipinski definition) is 9. The van der Waals surface area contributed by atoms with Crippen LogP contribution in [0.1, 0.15) is 119 Å². The van der Waals surface area contributed by atoms with Crippen LogP contribution in [-0.4, -0.2) is 86.9 Å². The molecule has 1 N–H and O–H groups in total. The van der Waals surface area contributed by atoms with Gasteiger partial charge in [-0.1, -0.05) is 75.7 Å². The summed E-state index contributed by atoms with van der Waals surface area (Å²) < 4.78 is 20.9. The number of aliphatic hydroxyl groups is 1. The summed E-state index contributed by atoms with van der Waals surface area (Å²) in [5.41, 5.74) is 0.896. The number of carbonyl (C=O) groups is 2. The Hall–Kier alpha value is -1.22. The van der Waals surface area contributed by atoms with Gasteiger partial charge in [-0.3, -0.25) is 14.5 Å². The molecule has 1 aromatic heterocycles. The van der Waals surface area contributed by atoms with Crippen molar-refractivity contribution in [2.45, 2.75) is 182 Å². The van der Waals surface area contributed by atoms with E-state index in [2.05, 4.69) is 65.3 Å². The standard InChI is InChI=1S/C40H72N2O6SSi2/c1-13-50(14-2,15-3)47-36-26-37(44)46-35(29(8)24-32-27-49-31(10)41-32)25-34-33(42(34)22-23-43)21-19-20-28(7)38(30(9)39(45)40(36,11)12)48-51(16-4,17-5)18-6/h24,27-28,30,33-36,38,43H,13-23,25-26H2,1-12H3/b29-24+/t28-,30+,33+,34?,35-,36-,38-,42?/m0/s1. The van der Waals surface area contributed by atoms with E-state index in [1.165, 1.54) is 0 Å². The SMILES string of the molecule is CC[Si](CC)(CC)O[C@H]1[C@@H](C)CCC[C@@H]2C(C[C@@H](/C(C)=C/c3csc(C)n3)OC(=O)C[C@H](O[Si](CC)(CC)CC)C(C)(C)C(=O)[C@@H]1C)N2CCO. The first-order valence-electron chi connectivity index (χ1n) is 20.2. The number of ether oxygens (including phenoxy) is 1. The van der Waals surface area contributed by atoms with Crippen molar-refractivity contribution in [2.75, 3.05) is 13.2 Å². The summed E-state index contributed by atoms with van der Waals surface area (Å²) in [6.07, 6.45) is 4.45. The number of cyclic esters (lactones) is 1. The zero-order valence-corrected chi connectivity index (χ0v) is 37.0. The lowest BCUT2D eigenvalue weighted by molar-refractivity contribution is -0.153. The number of fused-ring (bicyclic) bond motifs is 1. The number of esters is 1. The van der Waals surface area contributed by atoms with Gasteiger partial charge in [-0.15, -0.1) is 11.3 Å². The van der Waals surface area contributed by atoms with Crippen LogP contribution in [0.3, 0.4) is 0 Å². The molecule has 8 nitrogen and oxygen atoms in total. The minimum atomic E-state index is -2.23. The first-order chi connectivity index (χ1) is 24.1. The normalized spacial score (nSPS) is 30.2. The second-order valence-corrected chi connectivity index (χ2v) is 26.7. The minimum Gasteiger partial charge on any atom is -0.458 e. The van der Waals surface area contributed by atoms with Gasteiger partial charge in [0.2, 0.25) is 0 Å². The summed E-state index contributed by atoms with van der Waals surface area (Å²) in [5.74, 6) is -0.362. The van der Waals surface area contributed by atoms with E-state index in [0.717, 1.165) is 71.8 Å². The molecule has 2 aliphatic rings. The first-order valence-corrected chi connectivity index (χ1v) is 26.1. The van der Waals surface area contributed by atoms with Crippen molar-refractivity contribution < 1.29 is 28.3 Å². The predicted molar refractivity (Wildman–Crippen MR) is 216 cm³/mol. The van der Waals surface area contributed by atoms with Gasteiger partial charge in [0, 0.05) is 41.8 Å². The number of hydrogen-bond donors (Lipinski definition) is 1. The van der Waals surface area contributed by atoms with Crippen LogP contribution in [0.5, 0.6) is 0 Å². The zero-order valence-electron chi connectivity index (χ0n) is 34.2. The molecular formula is C40H72N2O6SSi2. The maximum atomic E-state index is 15.0. The van der Waals surface area contributed by atoms with E-state index < -0.39 is 34.3 Å². The molecule has 3 heterocycles. The van der Waals surface area contributed by atoms with Crippen LogP contribution in [0.4, 0.5) is 0 Å². The Morgan fingerprint density at radius 1 is 1.00 bits per heavy atom. The largest absolute Gasteiger partial charge is 0.458 e. The van der Waals surface area contributed by atoms with E-state index in [1.54, 1.807) is 11.3 Å². The topological polar surface area (TPSA) is 98.0 Å². The molecule has 3 rings (SSSR count). The van der Waals surface area contributed by atoms with Gasteiger partial charge < -0.3 is 18.7 Å². The first kappa shape index (κ1) is 44.2. The number of aromatic nitrogens is 1. The van der Waals surface area contributed by atoms with Gasteiger partial charge in [-0.2, -0.15) is 0 Å². The Bertz CT molecular complexity index is 1280. The number of carbonyl (C=O) groups excluding carboxylic acids is 2. The van der Waals surface area contributed by atoms with Crippen molar-refractivity contribution in [3.8, 4) is 0 Å². The number of β-amino-alcohol motifs (C(OH)–C–C–N with tert-alkyl or cyclic N) is 1. The highest BCUT2D eigenvalue weighted by atomic mass is 32.1. The lowest BCUT2D eigenvalue weighted by Crippen LogP contribution is -2.53. The van der Waals surface area contributed by atoms with Crippen LogP contribution in [0, 0.1) is 24.2 Å². The average molecular weight is 765 g/mol. The van der Waals surface area contributed by atoms with Crippen molar-refractivity contribution in [3.05, 3.63) is 21.7 Å². The number of aryl methyl sites for hydroxylation is 1. The lowest BCUT2D eigenvalue weighted by atomic mass is 9.73. The zero-order chi connectivity index (χ0) is 38.1. The number of Topliss-reactive ketones (excluding diaryl/α,β-unsaturated/α-hetero) is 1. The highest BCUT2D eigenvalue weighted by Crippen LogP contribution is 2.42. The molecule has 0 amide bonds. The smallest absolute Gasteiger partial charge is 0.309 e. The van der Waals surface area contributed by atoms with Crippen LogP contribution in [-0.2, 0) is 23.2 Å². The number of aliphatic hydroxyl groups excluding tert-OH is 1. The quantitative estimate of drug-likeness (QED) is 0.114. The molecule has 2 unspecified atom stereocenters. The third-order valence-electron chi connectivity index (χ3n) is 12.9. The van der Waals surface area contributed by atoms with Crippen LogP contribution in [0.2, 0.25) is 36.3 Å².